The maximum atomic E-state index is 10.8. The van der Waals surface area contributed by atoms with E-state index in [2.05, 4.69) is 0 Å². The Morgan fingerprint density at radius 2 is 1.69 bits per heavy atom. The topological polar surface area (TPSA) is 74.6 Å². The van der Waals surface area contributed by atoms with Crippen molar-refractivity contribution < 1.29 is 19.8 Å². The van der Waals surface area contributed by atoms with Gasteiger partial charge in [0.15, 0.2) is 5.41 Å². The molecular formula is C9H16O4. The first-order valence-electron chi connectivity index (χ1n) is 4.34. The molecule has 1 atom stereocenters. The summed E-state index contributed by atoms with van der Waals surface area (Å²) in [4.78, 5) is 21.6. The van der Waals surface area contributed by atoms with Crippen molar-refractivity contribution in [2.75, 3.05) is 0 Å². The zero-order valence-corrected chi connectivity index (χ0v) is 8.20. The standard InChI is InChI=1S/C9H16O4/c1-4-5-6(2)9(3,7(10)11)8(12)13/h6H,4-5H2,1-3H3,(H,10,11)(H,12,13). The zero-order chi connectivity index (χ0) is 10.6. The van der Waals surface area contributed by atoms with Crippen LogP contribution in [0.3, 0.4) is 0 Å². The molecule has 4 nitrogen and oxygen atoms in total. The van der Waals surface area contributed by atoms with Crippen LogP contribution >= 0.6 is 0 Å². The van der Waals surface area contributed by atoms with Gasteiger partial charge in [-0.3, -0.25) is 9.59 Å². The fourth-order valence-electron chi connectivity index (χ4n) is 1.23. The highest BCUT2D eigenvalue weighted by atomic mass is 16.4. The summed E-state index contributed by atoms with van der Waals surface area (Å²) >= 11 is 0. The predicted molar refractivity (Wildman–Crippen MR) is 47.5 cm³/mol. The summed E-state index contributed by atoms with van der Waals surface area (Å²) in [5.41, 5.74) is -1.66. The molecular weight excluding hydrogens is 172 g/mol. The van der Waals surface area contributed by atoms with Crippen molar-refractivity contribution in [3.8, 4) is 0 Å². The van der Waals surface area contributed by atoms with Crippen molar-refractivity contribution in [1.82, 2.24) is 0 Å². The fourth-order valence-corrected chi connectivity index (χ4v) is 1.23. The highest BCUT2D eigenvalue weighted by molar-refractivity contribution is 5.98. The smallest absolute Gasteiger partial charge is 0.321 e. The summed E-state index contributed by atoms with van der Waals surface area (Å²) in [6.07, 6.45) is 1.40. The Kier molecular flexibility index (Phi) is 3.91. The fraction of sp³-hybridized carbons (Fsp3) is 0.778. The third kappa shape index (κ3) is 2.20. The largest absolute Gasteiger partial charge is 0.480 e. The van der Waals surface area contributed by atoms with Crippen LogP contribution in [0.4, 0.5) is 0 Å². The van der Waals surface area contributed by atoms with Crippen LogP contribution in [0.2, 0.25) is 0 Å². The molecule has 1 unspecified atom stereocenters. The maximum Gasteiger partial charge on any atom is 0.321 e. The Hall–Kier alpha value is -1.06. The van der Waals surface area contributed by atoms with E-state index in [9.17, 15) is 9.59 Å². The second-order valence-electron chi connectivity index (χ2n) is 3.50. The minimum absolute atomic E-state index is 0.354. The molecule has 0 rings (SSSR count). The van der Waals surface area contributed by atoms with Crippen molar-refractivity contribution in [3.63, 3.8) is 0 Å². The Morgan fingerprint density at radius 1 is 1.31 bits per heavy atom. The van der Waals surface area contributed by atoms with Gasteiger partial charge in [0.05, 0.1) is 0 Å². The third-order valence-electron chi connectivity index (χ3n) is 2.60. The maximum absolute atomic E-state index is 10.8. The molecule has 13 heavy (non-hydrogen) atoms. The molecule has 0 heterocycles. The number of hydrogen-bond donors (Lipinski definition) is 2. The minimum atomic E-state index is -1.66. The van der Waals surface area contributed by atoms with E-state index < -0.39 is 17.4 Å². The first-order valence-corrected chi connectivity index (χ1v) is 4.34. The summed E-state index contributed by atoms with van der Waals surface area (Å²) < 4.78 is 0. The minimum Gasteiger partial charge on any atom is -0.480 e. The van der Waals surface area contributed by atoms with Crippen LogP contribution in [0.25, 0.3) is 0 Å². The lowest BCUT2D eigenvalue weighted by molar-refractivity contribution is -0.167. The molecule has 0 aromatic rings. The van der Waals surface area contributed by atoms with E-state index in [4.69, 9.17) is 10.2 Å². The summed E-state index contributed by atoms with van der Waals surface area (Å²) in [6.45, 7) is 4.82. The van der Waals surface area contributed by atoms with Gasteiger partial charge in [-0.05, 0) is 19.3 Å². The molecule has 0 saturated heterocycles. The molecule has 0 saturated carbocycles. The number of carboxylic acids is 2. The molecule has 4 heteroatoms. The lowest BCUT2D eigenvalue weighted by Gasteiger charge is -2.26. The number of carboxylic acid groups (broad SMARTS) is 2. The Balaban J connectivity index is 4.79. The van der Waals surface area contributed by atoms with E-state index >= 15 is 0 Å². The van der Waals surface area contributed by atoms with E-state index in [1.165, 1.54) is 6.92 Å². The average molecular weight is 188 g/mol. The molecule has 0 aromatic carbocycles. The Morgan fingerprint density at radius 3 is 1.92 bits per heavy atom. The molecule has 2 N–H and O–H groups in total. The van der Waals surface area contributed by atoms with Crippen LogP contribution in [-0.4, -0.2) is 22.2 Å². The van der Waals surface area contributed by atoms with Gasteiger partial charge in [0, 0.05) is 0 Å². The number of aliphatic carboxylic acids is 2. The van der Waals surface area contributed by atoms with Gasteiger partial charge in [0.25, 0.3) is 0 Å². The molecule has 0 fully saturated rings. The molecule has 76 valence electrons. The second kappa shape index (κ2) is 4.25. The predicted octanol–water partition coefficient (Wildman–Crippen LogP) is 1.60. The van der Waals surface area contributed by atoms with Crippen molar-refractivity contribution in [1.29, 1.82) is 0 Å². The third-order valence-corrected chi connectivity index (χ3v) is 2.60. The molecule has 0 radical (unpaired) electrons. The van der Waals surface area contributed by atoms with Crippen LogP contribution in [-0.2, 0) is 9.59 Å². The molecule has 0 aliphatic rings. The summed E-state index contributed by atoms with van der Waals surface area (Å²) in [5, 5.41) is 17.6. The van der Waals surface area contributed by atoms with Crippen LogP contribution in [0.5, 0.6) is 0 Å². The van der Waals surface area contributed by atoms with Gasteiger partial charge in [0.1, 0.15) is 0 Å². The van der Waals surface area contributed by atoms with Crippen LogP contribution in [0.1, 0.15) is 33.6 Å². The monoisotopic (exact) mass is 188 g/mol. The SMILES string of the molecule is CCCC(C)C(C)(C(=O)O)C(=O)O. The molecule has 0 bridgehead atoms. The van der Waals surface area contributed by atoms with Gasteiger partial charge in [-0.15, -0.1) is 0 Å². The van der Waals surface area contributed by atoms with Crippen molar-refractivity contribution in [3.05, 3.63) is 0 Å². The zero-order valence-electron chi connectivity index (χ0n) is 8.20. The summed E-state index contributed by atoms with van der Waals surface area (Å²) in [5.74, 6) is -2.88. The molecule has 0 spiro atoms. The molecule has 0 aromatic heterocycles. The number of hydrogen-bond acceptors (Lipinski definition) is 2. The van der Waals surface area contributed by atoms with E-state index in [1.807, 2.05) is 6.92 Å². The van der Waals surface area contributed by atoms with E-state index in [0.717, 1.165) is 6.42 Å². The average Bonchev–Trinajstić information content (AvgIpc) is 2.02. The normalized spacial score (nSPS) is 13.8. The number of rotatable bonds is 5. The molecule has 0 aliphatic carbocycles. The van der Waals surface area contributed by atoms with Gasteiger partial charge in [-0.2, -0.15) is 0 Å². The highest BCUT2D eigenvalue weighted by Crippen LogP contribution is 2.31. The van der Waals surface area contributed by atoms with Gasteiger partial charge in [0.2, 0.25) is 0 Å². The molecule has 0 aliphatic heterocycles. The second-order valence-corrected chi connectivity index (χ2v) is 3.50. The summed E-state index contributed by atoms with van der Waals surface area (Å²) in [7, 11) is 0. The van der Waals surface area contributed by atoms with Crippen molar-refractivity contribution in [2.24, 2.45) is 11.3 Å². The van der Waals surface area contributed by atoms with Gasteiger partial charge < -0.3 is 10.2 Å². The van der Waals surface area contributed by atoms with Crippen LogP contribution in [0, 0.1) is 11.3 Å². The lowest BCUT2D eigenvalue weighted by atomic mass is 9.76. The van der Waals surface area contributed by atoms with E-state index in [1.54, 1.807) is 6.92 Å². The lowest BCUT2D eigenvalue weighted by Crippen LogP contribution is -2.42. The first-order chi connectivity index (χ1) is 5.87. The van der Waals surface area contributed by atoms with Crippen LogP contribution in [0.15, 0.2) is 0 Å². The molecule has 0 amide bonds. The first kappa shape index (κ1) is 11.9. The quantitative estimate of drug-likeness (QED) is 0.642. The van der Waals surface area contributed by atoms with E-state index in [0.29, 0.717) is 6.42 Å². The Labute approximate surface area is 77.6 Å². The number of carbonyl (C=O) groups is 2. The van der Waals surface area contributed by atoms with Gasteiger partial charge in [-0.1, -0.05) is 20.3 Å². The van der Waals surface area contributed by atoms with Crippen LogP contribution < -0.4 is 0 Å². The highest BCUT2D eigenvalue weighted by Gasteiger charge is 2.45. The van der Waals surface area contributed by atoms with Crippen molar-refractivity contribution >= 4 is 11.9 Å². The summed E-state index contributed by atoms with van der Waals surface area (Å²) in [6, 6.07) is 0. The van der Waals surface area contributed by atoms with Gasteiger partial charge in [-0.25, -0.2) is 0 Å². The van der Waals surface area contributed by atoms with Gasteiger partial charge >= 0.3 is 11.9 Å². The van der Waals surface area contributed by atoms with E-state index in [-0.39, 0.29) is 5.92 Å². The Bertz CT molecular complexity index is 196. The van der Waals surface area contributed by atoms with Crippen molar-refractivity contribution in [2.45, 2.75) is 33.6 Å².